The van der Waals surface area contributed by atoms with Crippen molar-refractivity contribution >= 4 is 17.9 Å². The van der Waals surface area contributed by atoms with Crippen LogP contribution in [0.15, 0.2) is 109 Å². The number of allylic oxidation sites excluding steroid dienone is 18. The lowest BCUT2D eigenvalue weighted by atomic mass is 10.1. The van der Waals surface area contributed by atoms with E-state index in [-0.39, 0.29) is 42.7 Å². The molecule has 0 aromatic heterocycles. The van der Waals surface area contributed by atoms with Crippen molar-refractivity contribution in [2.75, 3.05) is 41.0 Å². The van der Waals surface area contributed by atoms with Gasteiger partial charge in [-0.1, -0.05) is 155 Å². The van der Waals surface area contributed by atoms with Crippen molar-refractivity contribution in [2.24, 2.45) is 0 Å². The lowest BCUT2D eigenvalue weighted by molar-refractivity contribution is -0.887. The first-order valence-electron chi connectivity index (χ1n) is 23.9. The van der Waals surface area contributed by atoms with Gasteiger partial charge in [0.2, 0.25) is 0 Å². The fourth-order valence-corrected chi connectivity index (χ4v) is 6.23. The number of hydrogen-bond acceptors (Lipinski definition) is 6. The van der Waals surface area contributed by atoms with Crippen LogP contribution in [0.4, 0.5) is 0 Å². The van der Waals surface area contributed by atoms with Crippen LogP contribution in [-0.4, -0.2) is 80.6 Å². The van der Waals surface area contributed by atoms with Crippen molar-refractivity contribution in [1.29, 1.82) is 0 Å². The third kappa shape index (κ3) is 41.3. The fourth-order valence-electron chi connectivity index (χ4n) is 6.23. The number of aliphatic carboxylic acids is 1. The van der Waals surface area contributed by atoms with Gasteiger partial charge in [-0.3, -0.25) is 9.59 Å². The second kappa shape index (κ2) is 43.6. The van der Waals surface area contributed by atoms with E-state index in [1.165, 1.54) is 25.7 Å². The van der Waals surface area contributed by atoms with Crippen molar-refractivity contribution in [1.82, 2.24) is 0 Å². The van der Waals surface area contributed by atoms with Gasteiger partial charge in [0, 0.05) is 19.3 Å². The van der Waals surface area contributed by atoms with Gasteiger partial charge >= 0.3 is 17.9 Å². The highest BCUT2D eigenvalue weighted by atomic mass is 16.6. The van der Waals surface area contributed by atoms with Crippen LogP contribution >= 0.6 is 0 Å². The number of carbonyl (C=O) groups excluding carboxylic acids is 2. The van der Waals surface area contributed by atoms with Gasteiger partial charge in [0.05, 0.1) is 34.4 Å². The minimum Gasteiger partial charge on any atom is -0.477 e. The van der Waals surface area contributed by atoms with Gasteiger partial charge in [-0.15, -0.1) is 0 Å². The maximum Gasteiger partial charge on any atom is 0.362 e. The molecule has 8 nitrogen and oxygen atoms in total. The maximum atomic E-state index is 12.7. The Bertz CT molecular complexity index is 1370. The Morgan fingerprint density at radius 3 is 1.39 bits per heavy atom. The largest absolute Gasteiger partial charge is 0.477 e. The molecule has 0 bridgehead atoms. The number of carboxylic acid groups (broad SMARTS) is 1. The maximum absolute atomic E-state index is 12.7. The van der Waals surface area contributed by atoms with E-state index in [2.05, 4.69) is 123 Å². The summed E-state index contributed by atoms with van der Waals surface area (Å²) in [7, 11) is 5.49. The van der Waals surface area contributed by atoms with Crippen molar-refractivity contribution < 1.29 is 38.2 Å². The number of hydrogen-bond donors (Lipinski definition) is 1. The molecule has 0 heterocycles. The zero-order valence-electron chi connectivity index (χ0n) is 39.8. The third-order valence-electron chi connectivity index (χ3n) is 9.91. The normalized spacial score (nSPS) is 13.9. The highest BCUT2D eigenvalue weighted by Gasteiger charge is 2.31. The van der Waals surface area contributed by atoms with Gasteiger partial charge in [-0.05, 0) is 96.3 Å². The first-order chi connectivity index (χ1) is 30.1. The number of carbonyl (C=O) groups is 3. The molecule has 0 amide bonds. The number of unbranched alkanes of at least 4 members (excludes halogenated alkanes) is 9. The molecule has 0 fully saturated rings. The summed E-state index contributed by atoms with van der Waals surface area (Å²) in [6.45, 7) is 4.49. The number of likely N-dealkylation sites (N-methyl/N-ethyl adjacent to an activating group) is 1. The van der Waals surface area contributed by atoms with E-state index in [9.17, 15) is 19.5 Å². The Morgan fingerprint density at radius 2 is 0.919 bits per heavy atom. The highest BCUT2D eigenvalue weighted by Crippen LogP contribution is 2.12. The number of nitrogens with zero attached hydrogens (tertiary/aromatic N) is 1. The molecule has 0 saturated carbocycles. The molecule has 0 saturated heterocycles. The molecule has 350 valence electrons. The van der Waals surface area contributed by atoms with E-state index in [1.54, 1.807) is 0 Å². The average molecular weight is 863 g/mol. The highest BCUT2D eigenvalue weighted by molar-refractivity contribution is 5.72. The van der Waals surface area contributed by atoms with Crippen molar-refractivity contribution in [3.8, 4) is 0 Å². The molecular weight excluding hydrogens is 775 g/mol. The minimum absolute atomic E-state index is 0.0245. The standard InChI is InChI=1S/C54H87NO7/c1-6-8-10-12-14-16-18-20-22-24-25-26-27-29-30-32-34-36-38-40-42-44-52(56)61-49-50(48-60-47-46-51(54(58)59)55(3,4)5)62-53(57)45-43-41-39-37-35-33-31-28-23-21-19-17-15-13-11-9-7-2/h9,11,14-17,20-23,25-26,29-31,33,37,39,50-51H,6-8,10,12-13,18-19,24,27-28,32,34-36,38,40-49H2,1-5H3/p+1/b11-9+,16-14+,17-15+,22-20+,23-21+,26-25+,30-29+,33-31+,39-37+. The molecule has 0 aromatic carbocycles. The topological polar surface area (TPSA) is 99.1 Å². The first-order valence-corrected chi connectivity index (χ1v) is 23.9. The summed E-state index contributed by atoms with van der Waals surface area (Å²) in [6.07, 6.45) is 60.0. The van der Waals surface area contributed by atoms with E-state index < -0.39 is 18.1 Å². The Hall–Kier alpha value is -4.01. The molecule has 1 N–H and O–H groups in total. The van der Waals surface area contributed by atoms with Gasteiger partial charge in [-0.25, -0.2) is 4.79 Å². The number of ether oxygens (including phenoxy) is 3. The number of rotatable bonds is 41. The monoisotopic (exact) mass is 863 g/mol. The van der Waals surface area contributed by atoms with Gasteiger partial charge in [-0.2, -0.15) is 0 Å². The SMILES string of the molecule is CC/C=C/C/C=C/C/C=C/C/C=C/C/C=C/CCCC(=O)OC(COCCC(C(=O)O)[N+](C)(C)C)COC(=O)CCCCCCC/C=C/C/C=C/C/C=C/C/C=C/CCCCC. The average Bonchev–Trinajstić information content (AvgIpc) is 3.23. The van der Waals surface area contributed by atoms with Gasteiger partial charge in [0.15, 0.2) is 12.1 Å². The lowest BCUT2D eigenvalue weighted by Gasteiger charge is -2.31. The summed E-state index contributed by atoms with van der Waals surface area (Å²) in [5.74, 6) is -1.58. The Morgan fingerprint density at radius 1 is 0.500 bits per heavy atom. The second-order valence-electron chi connectivity index (χ2n) is 16.6. The van der Waals surface area contributed by atoms with Gasteiger partial charge in [0.25, 0.3) is 0 Å². The molecular formula is C54H88NO7+. The van der Waals surface area contributed by atoms with Crippen LogP contribution in [0.2, 0.25) is 0 Å². The quantitative estimate of drug-likeness (QED) is 0.0283. The first kappa shape index (κ1) is 58.0. The molecule has 8 heteroatoms. The van der Waals surface area contributed by atoms with Crippen LogP contribution in [-0.2, 0) is 28.6 Å². The number of carboxylic acids is 1. The summed E-state index contributed by atoms with van der Waals surface area (Å²) >= 11 is 0. The van der Waals surface area contributed by atoms with Crippen LogP contribution in [0.1, 0.15) is 162 Å². The summed E-state index contributed by atoms with van der Waals surface area (Å²) < 4.78 is 17.2. The number of esters is 2. The molecule has 2 unspecified atom stereocenters. The predicted octanol–water partition coefficient (Wildman–Crippen LogP) is 13.6. The summed E-state index contributed by atoms with van der Waals surface area (Å²) in [4.78, 5) is 37.1. The van der Waals surface area contributed by atoms with E-state index >= 15 is 0 Å². The van der Waals surface area contributed by atoms with E-state index in [0.717, 1.165) is 96.3 Å². The van der Waals surface area contributed by atoms with Crippen molar-refractivity contribution in [3.05, 3.63) is 109 Å². The summed E-state index contributed by atoms with van der Waals surface area (Å²) in [6, 6.07) is -0.635. The van der Waals surface area contributed by atoms with Gasteiger partial charge in [0.1, 0.15) is 6.61 Å². The second-order valence-corrected chi connectivity index (χ2v) is 16.6. The van der Waals surface area contributed by atoms with E-state index in [4.69, 9.17) is 14.2 Å². The van der Waals surface area contributed by atoms with Crippen LogP contribution < -0.4 is 0 Å². The molecule has 0 aromatic rings. The molecule has 0 spiro atoms. The molecule has 0 aliphatic rings. The number of quaternary nitrogens is 1. The third-order valence-corrected chi connectivity index (χ3v) is 9.91. The molecule has 2 atom stereocenters. The van der Waals surface area contributed by atoms with Crippen molar-refractivity contribution in [2.45, 2.75) is 174 Å². The van der Waals surface area contributed by atoms with E-state index in [0.29, 0.717) is 19.3 Å². The predicted molar refractivity (Wildman–Crippen MR) is 261 cm³/mol. The Balaban J connectivity index is 4.44. The zero-order valence-corrected chi connectivity index (χ0v) is 39.8. The Kier molecular flexibility index (Phi) is 40.8. The van der Waals surface area contributed by atoms with Crippen molar-refractivity contribution in [3.63, 3.8) is 0 Å². The molecule has 0 rings (SSSR count). The molecule has 0 aliphatic carbocycles. The van der Waals surface area contributed by atoms with E-state index in [1.807, 2.05) is 21.1 Å². The minimum atomic E-state index is -0.892. The fraction of sp³-hybridized carbons (Fsp3) is 0.611. The molecule has 0 aliphatic heterocycles. The summed E-state index contributed by atoms with van der Waals surface area (Å²) in [5, 5.41) is 9.64. The van der Waals surface area contributed by atoms with Crippen LogP contribution in [0.25, 0.3) is 0 Å². The Labute approximate surface area is 378 Å². The van der Waals surface area contributed by atoms with Crippen LogP contribution in [0.3, 0.4) is 0 Å². The van der Waals surface area contributed by atoms with Gasteiger partial charge < -0.3 is 23.8 Å². The molecule has 0 radical (unpaired) electrons. The van der Waals surface area contributed by atoms with Crippen LogP contribution in [0.5, 0.6) is 0 Å². The van der Waals surface area contributed by atoms with Crippen LogP contribution in [0, 0.1) is 0 Å². The smallest absolute Gasteiger partial charge is 0.362 e. The zero-order chi connectivity index (χ0) is 45.6. The molecule has 62 heavy (non-hydrogen) atoms. The lowest BCUT2D eigenvalue weighted by Crippen LogP contribution is -2.50. The summed E-state index contributed by atoms with van der Waals surface area (Å²) in [5.41, 5.74) is 0.